The number of hydrogen-bond acceptors (Lipinski definition) is 3. The van der Waals surface area contributed by atoms with Crippen LogP contribution < -0.4 is 11.1 Å². The summed E-state index contributed by atoms with van der Waals surface area (Å²) in [4.78, 5) is 0. The molecule has 1 heterocycles. The van der Waals surface area contributed by atoms with Crippen LogP contribution in [0.3, 0.4) is 0 Å². The van der Waals surface area contributed by atoms with E-state index in [2.05, 4.69) is 26.3 Å². The van der Waals surface area contributed by atoms with Crippen LogP contribution in [0.5, 0.6) is 0 Å². The second kappa shape index (κ2) is 5.02. The molecule has 0 aliphatic rings. The van der Waals surface area contributed by atoms with Gasteiger partial charge in [-0.2, -0.15) is 5.10 Å². The molecule has 5 heteroatoms. The maximum Gasteiger partial charge on any atom is 0.0643 e. The lowest BCUT2D eigenvalue weighted by Gasteiger charge is -2.10. The number of halogens is 1. The van der Waals surface area contributed by atoms with Crippen molar-refractivity contribution >= 4 is 27.3 Å². The number of aryl methyl sites for hydroxylation is 3. The summed E-state index contributed by atoms with van der Waals surface area (Å²) < 4.78 is 2.81. The Bertz CT molecular complexity index is 575. The van der Waals surface area contributed by atoms with Gasteiger partial charge >= 0.3 is 0 Å². The summed E-state index contributed by atoms with van der Waals surface area (Å²) >= 11 is 3.52. The number of anilines is 2. The molecule has 1 aromatic carbocycles. The van der Waals surface area contributed by atoms with E-state index in [1.54, 1.807) is 0 Å². The van der Waals surface area contributed by atoms with E-state index in [-0.39, 0.29) is 0 Å². The van der Waals surface area contributed by atoms with Gasteiger partial charge in [0.2, 0.25) is 0 Å². The normalized spacial score (nSPS) is 10.7. The molecule has 0 bridgehead atoms. The minimum absolute atomic E-state index is 0.752. The average molecular weight is 309 g/mol. The highest BCUT2D eigenvalue weighted by molar-refractivity contribution is 9.10. The van der Waals surface area contributed by atoms with Crippen molar-refractivity contribution in [3.8, 4) is 0 Å². The van der Waals surface area contributed by atoms with Crippen LogP contribution in [0.4, 0.5) is 11.4 Å². The maximum atomic E-state index is 5.85. The van der Waals surface area contributed by atoms with Gasteiger partial charge in [0.1, 0.15) is 0 Å². The highest BCUT2D eigenvalue weighted by Crippen LogP contribution is 2.28. The molecule has 0 amide bonds. The minimum atomic E-state index is 0.752. The Balaban J connectivity index is 2.15. The Morgan fingerprint density at radius 2 is 2.11 bits per heavy atom. The highest BCUT2D eigenvalue weighted by Gasteiger charge is 2.06. The smallest absolute Gasteiger partial charge is 0.0643 e. The molecule has 0 saturated heterocycles. The number of hydrogen-bond donors (Lipinski definition) is 2. The summed E-state index contributed by atoms with van der Waals surface area (Å²) in [7, 11) is 1.93. The number of nitrogens with zero attached hydrogens (tertiary/aromatic N) is 2. The van der Waals surface area contributed by atoms with E-state index in [0.717, 1.165) is 33.6 Å². The first kappa shape index (κ1) is 13.0. The number of aromatic nitrogens is 2. The van der Waals surface area contributed by atoms with Crippen LogP contribution in [0.25, 0.3) is 0 Å². The Morgan fingerprint density at radius 3 is 2.72 bits per heavy atom. The maximum absolute atomic E-state index is 5.85. The van der Waals surface area contributed by atoms with Gasteiger partial charge in [-0.1, -0.05) is 0 Å². The molecule has 4 nitrogen and oxygen atoms in total. The lowest BCUT2D eigenvalue weighted by molar-refractivity contribution is 0.756. The third-order valence-electron chi connectivity index (χ3n) is 2.94. The first-order chi connectivity index (χ1) is 8.47. The predicted molar refractivity (Wildman–Crippen MR) is 78.6 cm³/mol. The lowest BCUT2D eigenvalue weighted by Crippen LogP contribution is -2.02. The molecule has 0 saturated carbocycles. The molecule has 18 heavy (non-hydrogen) atoms. The Kier molecular flexibility index (Phi) is 3.61. The fourth-order valence-electron chi connectivity index (χ4n) is 1.85. The first-order valence-electron chi connectivity index (χ1n) is 5.76. The SMILES string of the molecule is Cc1cc(NCc2cn(C)nc2C)c(Br)cc1N. The van der Waals surface area contributed by atoms with E-state index in [9.17, 15) is 0 Å². The molecule has 0 aliphatic heterocycles. The van der Waals surface area contributed by atoms with Gasteiger partial charge in [-0.05, 0) is 47.5 Å². The fraction of sp³-hybridized carbons (Fsp3) is 0.308. The average Bonchev–Trinajstić information content (AvgIpc) is 2.61. The monoisotopic (exact) mass is 308 g/mol. The first-order valence-corrected chi connectivity index (χ1v) is 6.55. The van der Waals surface area contributed by atoms with Gasteiger partial charge in [0.05, 0.1) is 5.69 Å². The summed E-state index contributed by atoms with van der Waals surface area (Å²) in [5.74, 6) is 0. The molecule has 2 aromatic rings. The van der Waals surface area contributed by atoms with Crippen LogP contribution in [0, 0.1) is 13.8 Å². The third kappa shape index (κ3) is 2.67. The molecule has 0 radical (unpaired) electrons. The van der Waals surface area contributed by atoms with Crippen molar-refractivity contribution in [3.63, 3.8) is 0 Å². The van der Waals surface area contributed by atoms with Gasteiger partial charge in [-0.15, -0.1) is 0 Å². The molecule has 0 aliphatic carbocycles. The van der Waals surface area contributed by atoms with Crippen molar-refractivity contribution in [2.24, 2.45) is 7.05 Å². The van der Waals surface area contributed by atoms with Gasteiger partial charge in [0, 0.05) is 41.2 Å². The Morgan fingerprint density at radius 1 is 1.39 bits per heavy atom. The zero-order chi connectivity index (χ0) is 13.3. The van der Waals surface area contributed by atoms with Crippen LogP contribution in [0.1, 0.15) is 16.8 Å². The molecule has 0 fully saturated rings. The molecule has 1 aromatic heterocycles. The van der Waals surface area contributed by atoms with Crippen molar-refractivity contribution < 1.29 is 0 Å². The summed E-state index contributed by atoms with van der Waals surface area (Å²) in [6.07, 6.45) is 2.03. The zero-order valence-electron chi connectivity index (χ0n) is 10.8. The van der Waals surface area contributed by atoms with Crippen LogP contribution in [0.15, 0.2) is 22.8 Å². The van der Waals surface area contributed by atoms with Crippen LogP contribution in [0.2, 0.25) is 0 Å². The van der Waals surface area contributed by atoms with Crippen molar-refractivity contribution in [2.45, 2.75) is 20.4 Å². The molecule has 96 valence electrons. The van der Waals surface area contributed by atoms with E-state index in [4.69, 9.17) is 5.73 Å². The molecule has 0 spiro atoms. The number of benzene rings is 1. The van der Waals surface area contributed by atoms with Crippen LogP contribution in [-0.4, -0.2) is 9.78 Å². The van der Waals surface area contributed by atoms with Gasteiger partial charge in [-0.3, -0.25) is 4.68 Å². The summed E-state index contributed by atoms with van der Waals surface area (Å²) in [5, 5.41) is 7.72. The van der Waals surface area contributed by atoms with E-state index >= 15 is 0 Å². The predicted octanol–water partition coefficient (Wildman–Crippen LogP) is 2.99. The molecule has 2 rings (SSSR count). The molecular formula is C13H17BrN4. The van der Waals surface area contributed by atoms with Crippen molar-refractivity contribution in [3.05, 3.63) is 39.6 Å². The second-order valence-corrected chi connectivity index (χ2v) is 5.31. The highest BCUT2D eigenvalue weighted by atomic mass is 79.9. The minimum Gasteiger partial charge on any atom is -0.398 e. The van der Waals surface area contributed by atoms with Gasteiger partial charge in [0.15, 0.2) is 0 Å². The van der Waals surface area contributed by atoms with Crippen molar-refractivity contribution in [2.75, 3.05) is 11.1 Å². The molecular weight excluding hydrogens is 292 g/mol. The van der Waals surface area contributed by atoms with Crippen molar-refractivity contribution in [1.29, 1.82) is 0 Å². The third-order valence-corrected chi connectivity index (χ3v) is 3.60. The number of nitrogens with one attached hydrogen (secondary N) is 1. The van der Waals surface area contributed by atoms with Gasteiger partial charge in [0.25, 0.3) is 0 Å². The summed E-state index contributed by atoms with van der Waals surface area (Å²) in [6, 6.07) is 3.97. The zero-order valence-corrected chi connectivity index (χ0v) is 12.4. The standard InChI is InChI=1S/C13H17BrN4/c1-8-4-13(11(14)5-12(8)15)16-6-10-7-18(3)17-9(10)2/h4-5,7,16H,6,15H2,1-3H3. The van der Waals surface area contributed by atoms with Crippen LogP contribution >= 0.6 is 15.9 Å². The molecule has 3 N–H and O–H groups in total. The molecule has 0 unspecified atom stereocenters. The number of nitrogen functional groups attached to an aromatic ring is 1. The van der Waals surface area contributed by atoms with Crippen LogP contribution in [-0.2, 0) is 13.6 Å². The van der Waals surface area contributed by atoms with E-state index in [1.165, 1.54) is 5.56 Å². The largest absolute Gasteiger partial charge is 0.398 e. The number of nitrogens with two attached hydrogens (primary N) is 1. The lowest BCUT2D eigenvalue weighted by atomic mass is 10.2. The van der Waals surface area contributed by atoms with Gasteiger partial charge in [-0.25, -0.2) is 0 Å². The Hall–Kier alpha value is -1.49. The topological polar surface area (TPSA) is 55.9 Å². The molecule has 0 atom stereocenters. The second-order valence-electron chi connectivity index (χ2n) is 4.46. The quantitative estimate of drug-likeness (QED) is 0.857. The van der Waals surface area contributed by atoms with E-state index in [1.807, 2.05) is 43.9 Å². The number of rotatable bonds is 3. The van der Waals surface area contributed by atoms with E-state index < -0.39 is 0 Å². The van der Waals surface area contributed by atoms with Crippen molar-refractivity contribution in [1.82, 2.24) is 9.78 Å². The summed E-state index contributed by atoms with van der Waals surface area (Å²) in [6.45, 7) is 4.77. The fourth-order valence-corrected chi connectivity index (χ4v) is 2.35. The Labute approximate surface area is 115 Å². The summed E-state index contributed by atoms with van der Waals surface area (Å²) in [5.41, 5.74) is 11.0. The van der Waals surface area contributed by atoms with Gasteiger partial charge < -0.3 is 11.1 Å². The van der Waals surface area contributed by atoms with E-state index in [0.29, 0.717) is 0 Å².